The summed E-state index contributed by atoms with van der Waals surface area (Å²) in [6, 6.07) is 20.6. The minimum Gasteiger partial charge on any atom is -0.497 e. The van der Waals surface area contributed by atoms with Gasteiger partial charge in [0.2, 0.25) is 5.88 Å². The quantitative estimate of drug-likeness (QED) is 0.190. The molecule has 0 saturated heterocycles. The summed E-state index contributed by atoms with van der Waals surface area (Å²) < 4.78 is 15.3. The number of hydrogen-bond donors (Lipinski definition) is 2. The van der Waals surface area contributed by atoms with Crippen molar-refractivity contribution in [2.24, 2.45) is 0 Å². The first-order valence-electron chi connectivity index (χ1n) is 11.6. The predicted octanol–water partition coefficient (Wildman–Crippen LogP) is 6.29. The second-order valence-electron chi connectivity index (χ2n) is 8.86. The summed E-state index contributed by atoms with van der Waals surface area (Å²) in [5.41, 5.74) is 5.96. The van der Waals surface area contributed by atoms with Gasteiger partial charge in [0.15, 0.2) is 4.77 Å². The second-order valence-corrected chi connectivity index (χ2v) is 10.1. The maximum atomic E-state index is 11.9. The number of nitrogens with zero attached hydrogens (tertiary/aromatic N) is 2. The van der Waals surface area contributed by atoms with Gasteiger partial charge in [-0.2, -0.15) is 0 Å². The van der Waals surface area contributed by atoms with Crippen molar-refractivity contribution in [3.8, 4) is 17.3 Å². The molecule has 186 valence electrons. The van der Waals surface area contributed by atoms with Crippen LogP contribution in [0.3, 0.4) is 0 Å². The number of aromatic amines is 1. The van der Waals surface area contributed by atoms with Gasteiger partial charge in [0.05, 0.1) is 31.2 Å². The fraction of sp³-hybridized carbons (Fsp3) is 0.143. The van der Waals surface area contributed by atoms with Crippen molar-refractivity contribution in [1.29, 1.82) is 0 Å². The average molecular weight is 576 g/mol. The zero-order valence-corrected chi connectivity index (χ0v) is 22.4. The van der Waals surface area contributed by atoms with Crippen LogP contribution in [0, 0.1) is 4.77 Å². The fourth-order valence-electron chi connectivity index (χ4n) is 5.14. The molecule has 6 rings (SSSR count). The molecule has 0 saturated carbocycles. The number of benzene rings is 3. The summed E-state index contributed by atoms with van der Waals surface area (Å²) in [6.45, 7) is 0. The molecule has 7 nitrogen and oxygen atoms in total. The van der Waals surface area contributed by atoms with Crippen molar-refractivity contribution in [2.75, 3.05) is 14.2 Å². The van der Waals surface area contributed by atoms with Gasteiger partial charge in [0.1, 0.15) is 11.8 Å². The zero-order valence-electron chi connectivity index (χ0n) is 20.0. The zero-order chi connectivity index (χ0) is 25.8. The van der Waals surface area contributed by atoms with E-state index in [2.05, 4.69) is 33.0 Å². The average Bonchev–Trinajstić information content (AvgIpc) is 3.41. The highest BCUT2D eigenvalue weighted by molar-refractivity contribution is 9.10. The van der Waals surface area contributed by atoms with Crippen LogP contribution >= 0.6 is 28.1 Å². The Morgan fingerprint density at radius 2 is 1.81 bits per heavy atom. The minimum absolute atomic E-state index is 0.0735. The molecule has 1 aliphatic heterocycles. The first kappa shape index (κ1) is 23.6. The predicted molar refractivity (Wildman–Crippen MR) is 147 cm³/mol. The number of aromatic hydroxyl groups is 1. The highest BCUT2D eigenvalue weighted by Crippen LogP contribution is 2.44. The molecule has 9 heteroatoms. The van der Waals surface area contributed by atoms with Crippen LogP contribution in [0.2, 0.25) is 0 Å². The first-order chi connectivity index (χ1) is 17.9. The number of rotatable bonds is 4. The molecule has 3 aromatic carbocycles. The van der Waals surface area contributed by atoms with Gasteiger partial charge < -0.3 is 24.1 Å². The largest absolute Gasteiger partial charge is 0.497 e. The molecular formula is C28H22BrN3O4S. The van der Waals surface area contributed by atoms with Crippen molar-refractivity contribution >= 4 is 45.0 Å². The van der Waals surface area contributed by atoms with Crippen LogP contribution in [0.4, 0.5) is 0 Å². The lowest BCUT2D eigenvalue weighted by molar-refractivity contribution is 0.0600. The van der Waals surface area contributed by atoms with Gasteiger partial charge in [-0.15, -0.1) is 0 Å². The Balaban J connectivity index is 1.58. The van der Waals surface area contributed by atoms with Gasteiger partial charge in [-0.3, -0.25) is 4.57 Å². The standard InChI is InChI=1S/C28H22BrN3O4S/c1-35-19-10-5-15(6-11-19)25-24-21(20-13-17(29)7-12-22(20)30-24)14-23-26(33)31(28(37)32(23)25)18-8-3-16(4-9-18)27(34)36-2/h3-13,25,30,33H,14H2,1-2H3. The Kier molecular flexibility index (Phi) is 5.69. The number of fused-ring (bicyclic) bond motifs is 4. The van der Waals surface area contributed by atoms with E-state index in [-0.39, 0.29) is 11.9 Å². The summed E-state index contributed by atoms with van der Waals surface area (Å²) in [5, 5.41) is 12.6. The molecule has 2 N–H and O–H groups in total. The molecule has 37 heavy (non-hydrogen) atoms. The number of methoxy groups -OCH3 is 2. The van der Waals surface area contributed by atoms with Crippen LogP contribution in [0.5, 0.6) is 11.6 Å². The summed E-state index contributed by atoms with van der Waals surface area (Å²) in [4.78, 5) is 15.5. The van der Waals surface area contributed by atoms with Crippen LogP contribution < -0.4 is 4.74 Å². The maximum Gasteiger partial charge on any atom is 0.337 e. The van der Waals surface area contributed by atoms with Gasteiger partial charge in [-0.25, -0.2) is 4.79 Å². The number of nitrogens with one attached hydrogen (secondary N) is 1. The Labute approximate surface area is 226 Å². The number of imidazole rings is 1. The third-order valence-corrected chi connectivity index (χ3v) is 7.79. The highest BCUT2D eigenvalue weighted by atomic mass is 79.9. The summed E-state index contributed by atoms with van der Waals surface area (Å²) in [5.74, 6) is 0.409. The SMILES string of the molecule is COC(=O)c1ccc(-n2c(O)c3n(c2=S)C(c2ccc(OC)cc2)c2[nH]c4ccc(Br)cc4c2C3)cc1. The lowest BCUT2D eigenvalue weighted by Gasteiger charge is -2.26. The van der Waals surface area contributed by atoms with Gasteiger partial charge in [0.25, 0.3) is 0 Å². The number of aromatic nitrogens is 3. The Bertz CT molecular complexity index is 1730. The number of ether oxygens (including phenoxy) is 2. The molecule has 0 bridgehead atoms. The molecule has 0 amide bonds. The number of esters is 1. The topological polar surface area (TPSA) is 81.4 Å². The number of hydrogen-bond acceptors (Lipinski definition) is 5. The Hall–Kier alpha value is -3.82. The lowest BCUT2D eigenvalue weighted by atomic mass is 9.93. The third kappa shape index (κ3) is 3.69. The fourth-order valence-corrected chi connectivity index (χ4v) is 5.91. The Morgan fingerprint density at radius 3 is 2.49 bits per heavy atom. The van der Waals surface area contributed by atoms with E-state index in [9.17, 15) is 9.90 Å². The molecule has 3 heterocycles. The summed E-state index contributed by atoms with van der Waals surface area (Å²) >= 11 is 9.57. The van der Waals surface area contributed by atoms with E-state index >= 15 is 0 Å². The molecule has 1 atom stereocenters. The normalized spacial score (nSPS) is 14.3. The van der Waals surface area contributed by atoms with Crippen molar-refractivity contribution in [3.63, 3.8) is 0 Å². The van der Waals surface area contributed by atoms with Crippen molar-refractivity contribution in [1.82, 2.24) is 14.1 Å². The number of carbonyl (C=O) groups excluding carboxylic acids is 1. The van der Waals surface area contributed by atoms with Gasteiger partial charge >= 0.3 is 5.97 Å². The van der Waals surface area contributed by atoms with Crippen molar-refractivity contribution in [3.05, 3.63) is 104 Å². The van der Waals surface area contributed by atoms with Crippen LogP contribution in [-0.4, -0.2) is 39.4 Å². The molecule has 0 fully saturated rings. The van der Waals surface area contributed by atoms with E-state index in [4.69, 9.17) is 21.7 Å². The van der Waals surface area contributed by atoms with Crippen LogP contribution in [0.25, 0.3) is 16.6 Å². The van der Waals surface area contributed by atoms with E-state index in [1.165, 1.54) is 7.11 Å². The highest BCUT2D eigenvalue weighted by Gasteiger charge is 2.34. The molecular weight excluding hydrogens is 554 g/mol. The number of H-pyrrole nitrogens is 1. The molecule has 0 aliphatic carbocycles. The van der Waals surface area contributed by atoms with E-state index in [1.54, 1.807) is 35.9 Å². The van der Waals surface area contributed by atoms with Gasteiger partial charge in [-0.05, 0) is 77.9 Å². The second kappa shape index (κ2) is 8.93. The molecule has 1 aliphatic rings. The minimum atomic E-state index is -0.424. The van der Waals surface area contributed by atoms with E-state index in [0.29, 0.717) is 22.4 Å². The first-order valence-corrected chi connectivity index (χ1v) is 12.8. The van der Waals surface area contributed by atoms with Crippen LogP contribution in [-0.2, 0) is 11.2 Å². The van der Waals surface area contributed by atoms with Gasteiger partial charge in [0, 0.05) is 27.5 Å². The lowest BCUT2D eigenvalue weighted by Crippen LogP contribution is -2.21. The molecule has 1 unspecified atom stereocenters. The van der Waals surface area contributed by atoms with E-state index in [1.807, 2.05) is 34.9 Å². The van der Waals surface area contributed by atoms with Crippen LogP contribution in [0.15, 0.2) is 71.2 Å². The van der Waals surface area contributed by atoms with Crippen LogP contribution in [0.1, 0.15) is 38.9 Å². The number of halogens is 1. The maximum absolute atomic E-state index is 11.9. The molecule has 5 aromatic rings. The molecule has 0 radical (unpaired) electrons. The summed E-state index contributed by atoms with van der Waals surface area (Å²) in [6.07, 6.45) is 0.501. The number of carbonyl (C=O) groups is 1. The van der Waals surface area contributed by atoms with Crippen molar-refractivity contribution < 1.29 is 19.4 Å². The summed E-state index contributed by atoms with van der Waals surface area (Å²) in [7, 11) is 2.98. The third-order valence-electron chi connectivity index (χ3n) is 6.91. The van der Waals surface area contributed by atoms with Crippen molar-refractivity contribution in [2.45, 2.75) is 12.5 Å². The van der Waals surface area contributed by atoms with E-state index < -0.39 is 5.97 Å². The Morgan fingerprint density at radius 1 is 1.08 bits per heavy atom. The molecule has 2 aromatic heterocycles. The van der Waals surface area contributed by atoms with E-state index in [0.717, 1.165) is 43.6 Å². The van der Waals surface area contributed by atoms with Gasteiger partial charge in [-0.1, -0.05) is 28.1 Å². The smallest absolute Gasteiger partial charge is 0.337 e. The molecule has 0 spiro atoms. The monoisotopic (exact) mass is 575 g/mol.